The first-order valence-corrected chi connectivity index (χ1v) is 7.98. The average Bonchev–Trinajstić information content (AvgIpc) is 2.55. The van der Waals surface area contributed by atoms with Gasteiger partial charge in [-0.05, 0) is 29.8 Å². The second-order valence-corrected chi connectivity index (χ2v) is 5.97. The molecule has 0 saturated heterocycles. The maximum Gasteiger partial charge on any atom is 0.267 e. The quantitative estimate of drug-likeness (QED) is 0.579. The molecular formula is C17H12Cl3N3O. The van der Waals surface area contributed by atoms with E-state index in [1.165, 1.54) is 12.3 Å². The van der Waals surface area contributed by atoms with Crippen molar-refractivity contribution in [2.24, 2.45) is 0 Å². The fraction of sp³-hybridized carbons (Fsp3) is 0.0588. The van der Waals surface area contributed by atoms with Gasteiger partial charge in [0.25, 0.3) is 5.91 Å². The Bertz CT molecular complexity index is 828. The molecule has 0 saturated carbocycles. The third-order valence-electron chi connectivity index (χ3n) is 3.04. The van der Waals surface area contributed by atoms with E-state index >= 15 is 0 Å². The summed E-state index contributed by atoms with van der Waals surface area (Å²) in [5.74, 6) is -0.576. The van der Waals surface area contributed by atoms with E-state index in [0.717, 1.165) is 5.56 Å². The van der Waals surface area contributed by atoms with E-state index in [1.807, 2.05) is 24.3 Å². The molecule has 0 aliphatic rings. The van der Waals surface area contributed by atoms with E-state index in [-0.39, 0.29) is 10.6 Å². The first kappa shape index (κ1) is 18.2. The summed E-state index contributed by atoms with van der Waals surface area (Å²) in [4.78, 5) is 12.1. The highest BCUT2D eigenvalue weighted by Gasteiger charge is 2.11. The number of benzene rings is 2. The summed E-state index contributed by atoms with van der Waals surface area (Å²) in [6, 6.07) is 13.8. The SMILES string of the molecule is N#C/C(=C/NCc1ccccc1Cl)C(=O)Nc1ccc(Cl)cc1Cl. The Labute approximate surface area is 154 Å². The zero-order valence-electron chi connectivity index (χ0n) is 12.3. The van der Waals surface area contributed by atoms with Gasteiger partial charge < -0.3 is 10.6 Å². The molecular weight excluding hydrogens is 369 g/mol. The van der Waals surface area contributed by atoms with Crippen LogP contribution in [0.2, 0.25) is 15.1 Å². The smallest absolute Gasteiger partial charge is 0.267 e. The van der Waals surface area contributed by atoms with Crippen molar-refractivity contribution < 1.29 is 4.79 Å². The Kier molecular flexibility index (Phi) is 6.51. The van der Waals surface area contributed by atoms with E-state index < -0.39 is 5.91 Å². The lowest BCUT2D eigenvalue weighted by atomic mass is 10.2. The Balaban J connectivity index is 2.03. The standard InChI is InChI=1S/C17H12Cl3N3O/c18-13-5-6-16(15(20)7-13)23-17(24)12(8-21)10-22-9-11-3-1-2-4-14(11)19/h1-7,10,22H,9H2,(H,23,24)/b12-10-. The molecule has 0 aliphatic carbocycles. The first-order valence-electron chi connectivity index (χ1n) is 6.84. The Hall–Kier alpha value is -2.19. The Morgan fingerprint density at radius 2 is 1.88 bits per heavy atom. The Morgan fingerprint density at radius 1 is 1.12 bits per heavy atom. The first-order chi connectivity index (χ1) is 11.5. The number of amides is 1. The molecule has 0 bridgehead atoms. The summed E-state index contributed by atoms with van der Waals surface area (Å²) in [6.45, 7) is 0.389. The van der Waals surface area contributed by atoms with Crippen molar-refractivity contribution in [3.05, 3.63) is 74.9 Å². The molecule has 0 heterocycles. The maximum atomic E-state index is 12.1. The van der Waals surface area contributed by atoms with Crippen LogP contribution in [0.25, 0.3) is 0 Å². The lowest BCUT2D eigenvalue weighted by Crippen LogP contribution is -2.17. The second-order valence-electron chi connectivity index (χ2n) is 4.72. The minimum absolute atomic E-state index is 0.0897. The third-order valence-corrected chi connectivity index (χ3v) is 3.96. The van der Waals surface area contributed by atoms with Crippen molar-refractivity contribution in [2.45, 2.75) is 6.54 Å². The summed E-state index contributed by atoms with van der Waals surface area (Å²) >= 11 is 17.8. The number of nitriles is 1. The molecule has 0 aliphatic heterocycles. The molecule has 2 rings (SSSR count). The van der Waals surface area contributed by atoms with Crippen molar-refractivity contribution in [1.29, 1.82) is 5.26 Å². The van der Waals surface area contributed by atoms with Gasteiger partial charge in [-0.15, -0.1) is 0 Å². The average molecular weight is 381 g/mol. The van der Waals surface area contributed by atoms with Gasteiger partial charge in [-0.25, -0.2) is 0 Å². The number of nitrogens with zero attached hydrogens (tertiary/aromatic N) is 1. The lowest BCUT2D eigenvalue weighted by molar-refractivity contribution is -0.112. The predicted octanol–water partition coefficient (Wildman–Crippen LogP) is 4.78. The summed E-state index contributed by atoms with van der Waals surface area (Å²) in [7, 11) is 0. The van der Waals surface area contributed by atoms with Crippen molar-refractivity contribution in [3.8, 4) is 6.07 Å². The summed E-state index contributed by atoms with van der Waals surface area (Å²) in [5, 5.41) is 16.0. The number of halogens is 3. The molecule has 0 unspecified atom stereocenters. The topological polar surface area (TPSA) is 64.9 Å². The van der Waals surface area contributed by atoms with Crippen molar-refractivity contribution in [1.82, 2.24) is 5.32 Å². The summed E-state index contributed by atoms with van der Waals surface area (Å²) < 4.78 is 0. The number of carbonyl (C=O) groups is 1. The highest BCUT2D eigenvalue weighted by molar-refractivity contribution is 6.36. The van der Waals surface area contributed by atoms with Gasteiger partial charge in [-0.3, -0.25) is 4.79 Å². The maximum absolute atomic E-state index is 12.1. The van der Waals surface area contributed by atoms with Crippen LogP contribution in [-0.2, 0) is 11.3 Å². The molecule has 122 valence electrons. The van der Waals surface area contributed by atoms with E-state index in [4.69, 9.17) is 40.1 Å². The molecule has 7 heteroatoms. The molecule has 0 aromatic heterocycles. The van der Waals surface area contributed by atoms with Gasteiger partial charge in [0.15, 0.2) is 0 Å². The minimum Gasteiger partial charge on any atom is -0.386 e. The van der Waals surface area contributed by atoms with E-state index in [0.29, 0.717) is 22.3 Å². The van der Waals surface area contributed by atoms with Crippen molar-refractivity contribution in [3.63, 3.8) is 0 Å². The number of carbonyl (C=O) groups excluding carboxylic acids is 1. The van der Waals surface area contributed by atoms with Gasteiger partial charge in [-0.2, -0.15) is 5.26 Å². The molecule has 0 atom stereocenters. The van der Waals surface area contributed by atoms with Gasteiger partial charge in [0, 0.05) is 22.8 Å². The van der Waals surface area contributed by atoms with Crippen LogP contribution in [0.3, 0.4) is 0 Å². The molecule has 24 heavy (non-hydrogen) atoms. The monoisotopic (exact) mass is 379 g/mol. The molecule has 1 amide bonds. The van der Waals surface area contributed by atoms with Gasteiger partial charge >= 0.3 is 0 Å². The fourth-order valence-corrected chi connectivity index (χ4v) is 2.49. The van der Waals surface area contributed by atoms with E-state index in [9.17, 15) is 4.79 Å². The number of nitrogens with one attached hydrogen (secondary N) is 2. The van der Waals surface area contributed by atoms with Crippen LogP contribution in [0.5, 0.6) is 0 Å². The van der Waals surface area contributed by atoms with Crippen LogP contribution in [0.4, 0.5) is 5.69 Å². The van der Waals surface area contributed by atoms with Crippen LogP contribution in [0, 0.1) is 11.3 Å². The fourth-order valence-electron chi connectivity index (χ4n) is 1.83. The van der Waals surface area contributed by atoms with Crippen LogP contribution < -0.4 is 10.6 Å². The van der Waals surface area contributed by atoms with Gasteiger partial charge in [0.05, 0.1) is 10.7 Å². The highest BCUT2D eigenvalue weighted by Crippen LogP contribution is 2.25. The molecule has 0 radical (unpaired) electrons. The lowest BCUT2D eigenvalue weighted by Gasteiger charge is -2.08. The second kappa shape index (κ2) is 8.60. The van der Waals surface area contributed by atoms with Crippen LogP contribution in [0.1, 0.15) is 5.56 Å². The normalized spacial score (nSPS) is 10.8. The van der Waals surface area contributed by atoms with Crippen molar-refractivity contribution in [2.75, 3.05) is 5.32 Å². The largest absolute Gasteiger partial charge is 0.386 e. The number of hydrogen-bond acceptors (Lipinski definition) is 3. The number of rotatable bonds is 5. The van der Waals surface area contributed by atoms with E-state index in [1.54, 1.807) is 18.2 Å². The molecule has 2 aromatic carbocycles. The molecule has 0 spiro atoms. The van der Waals surface area contributed by atoms with Crippen LogP contribution in [-0.4, -0.2) is 5.91 Å². The number of anilines is 1. The molecule has 2 N–H and O–H groups in total. The van der Waals surface area contributed by atoms with Gasteiger partial charge in [0.1, 0.15) is 11.6 Å². The highest BCUT2D eigenvalue weighted by atomic mass is 35.5. The number of hydrogen-bond donors (Lipinski definition) is 2. The summed E-state index contributed by atoms with van der Waals surface area (Å²) in [5.41, 5.74) is 1.14. The molecule has 4 nitrogen and oxygen atoms in total. The minimum atomic E-state index is -0.576. The third kappa shape index (κ3) is 4.90. The van der Waals surface area contributed by atoms with E-state index in [2.05, 4.69) is 10.6 Å². The molecule has 0 fully saturated rings. The van der Waals surface area contributed by atoms with Crippen LogP contribution in [0.15, 0.2) is 54.2 Å². The van der Waals surface area contributed by atoms with Crippen molar-refractivity contribution >= 4 is 46.4 Å². The van der Waals surface area contributed by atoms with Crippen LogP contribution >= 0.6 is 34.8 Å². The van der Waals surface area contributed by atoms with Gasteiger partial charge in [0.2, 0.25) is 0 Å². The Morgan fingerprint density at radius 3 is 2.54 bits per heavy atom. The summed E-state index contributed by atoms with van der Waals surface area (Å²) in [6.07, 6.45) is 1.34. The zero-order chi connectivity index (χ0) is 17.5. The predicted molar refractivity (Wildman–Crippen MR) is 97.1 cm³/mol. The molecule has 2 aromatic rings. The van der Waals surface area contributed by atoms with Gasteiger partial charge in [-0.1, -0.05) is 53.0 Å². The zero-order valence-corrected chi connectivity index (χ0v) is 14.6.